The van der Waals surface area contributed by atoms with Crippen molar-refractivity contribution in [2.75, 3.05) is 26.4 Å². The summed E-state index contributed by atoms with van der Waals surface area (Å²) < 4.78 is 23.4. The van der Waals surface area contributed by atoms with Gasteiger partial charge in [0.2, 0.25) is 0 Å². The molecule has 7 nitrogen and oxygen atoms in total. The number of hydrogen-bond donors (Lipinski definition) is 1. The largest absolute Gasteiger partial charge is 0.444 e. The van der Waals surface area contributed by atoms with Gasteiger partial charge in [0.15, 0.2) is 0 Å². The average Bonchev–Trinajstić information content (AvgIpc) is 2.98. The van der Waals surface area contributed by atoms with Crippen molar-refractivity contribution in [1.82, 2.24) is 10.2 Å². The number of aliphatic imine (C=N–C) groups is 1. The van der Waals surface area contributed by atoms with Gasteiger partial charge in [-0.2, -0.15) is 0 Å². The van der Waals surface area contributed by atoms with Crippen LogP contribution in [0.25, 0.3) is 0 Å². The Hall–Kier alpha value is -1.70. The van der Waals surface area contributed by atoms with E-state index in [1.165, 1.54) is 0 Å². The van der Waals surface area contributed by atoms with Crippen LogP contribution in [0.4, 0.5) is 9.18 Å². The Morgan fingerprint density at radius 1 is 1.24 bits per heavy atom. The smallest absolute Gasteiger partial charge is 0.410 e. The SMILES string of the molecule is CC(C)(C)OC(=O)N1CCC2(CC1)N=C(C1CCC(OCCCF)CC1)NC2=O. The number of likely N-dealkylation sites (tertiary alicyclic amines) is 1. The first-order valence-electron chi connectivity index (χ1n) is 10.8. The second-order valence-electron chi connectivity index (χ2n) is 9.34. The summed E-state index contributed by atoms with van der Waals surface area (Å²) in [6, 6.07) is 0. The molecule has 2 fully saturated rings. The minimum atomic E-state index is -0.748. The molecule has 0 aromatic carbocycles. The summed E-state index contributed by atoms with van der Waals surface area (Å²) in [7, 11) is 0. The van der Waals surface area contributed by atoms with Gasteiger partial charge in [0.05, 0.1) is 12.8 Å². The number of halogens is 1. The molecule has 29 heavy (non-hydrogen) atoms. The number of nitrogens with zero attached hydrogens (tertiary/aromatic N) is 2. The zero-order valence-electron chi connectivity index (χ0n) is 17.8. The third kappa shape index (κ3) is 5.47. The van der Waals surface area contributed by atoms with Crippen LogP contribution in [-0.4, -0.2) is 66.4 Å². The first-order chi connectivity index (χ1) is 13.7. The fourth-order valence-electron chi connectivity index (χ4n) is 4.27. The normalized spacial score (nSPS) is 27.0. The van der Waals surface area contributed by atoms with Gasteiger partial charge in [0.1, 0.15) is 17.0 Å². The molecule has 1 spiro atoms. The van der Waals surface area contributed by atoms with Gasteiger partial charge in [-0.15, -0.1) is 0 Å². The molecule has 0 aromatic rings. The Labute approximate surface area is 172 Å². The molecule has 2 heterocycles. The van der Waals surface area contributed by atoms with Gasteiger partial charge in [0.25, 0.3) is 5.91 Å². The van der Waals surface area contributed by atoms with E-state index in [0.717, 1.165) is 31.5 Å². The lowest BCUT2D eigenvalue weighted by Crippen LogP contribution is -2.51. The third-order valence-corrected chi connectivity index (χ3v) is 5.93. The average molecular weight is 412 g/mol. The van der Waals surface area contributed by atoms with Crippen LogP contribution >= 0.6 is 0 Å². The van der Waals surface area contributed by atoms with Crippen LogP contribution in [0, 0.1) is 5.92 Å². The number of rotatable bonds is 5. The first kappa shape index (κ1) is 22.0. The van der Waals surface area contributed by atoms with Crippen LogP contribution in [0.2, 0.25) is 0 Å². The monoisotopic (exact) mass is 411 g/mol. The summed E-state index contributed by atoms with van der Waals surface area (Å²) in [4.78, 5) is 31.5. The van der Waals surface area contributed by atoms with Gasteiger partial charge in [-0.25, -0.2) is 4.79 Å². The van der Waals surface area contributed by atoms with E-state index in [1.54, 1.807) is 4.90 Å². The molecular weight excluding hydrogens is 377 g/mol. The molecular formula is C21H34FN3O4. The molecule has 0 aromatic heterocycles. The van der Waals surface area contributed by atoms with Crippen LogP contribution in [0.15, 0.2) is 4.99 Å². The van der Waals surface area contributed by atoms with E-state index in [4.69, 9.17) is 14.5 Å². The molecule has 3 aliphatic rings. The molecule has 2 aliphatic heterocycles. The van der Waals surface area contributed by atoms with E-state index in [2.05, 4.69) is 5.32 Å². The van der Waals surface area contributed by atoms with Crippen molar-refractivity contribution in [3.8, 4) is 0 Å². The number of nitrogens with one attached hydrogen (secondary N) is 1. The molecule has 1 saturated carbocycles. The molecule has 1 aliphatic carbocycles. The summed E-state index contributed by atoms with van der Waals surface area (Å²) in [5, 5.41) is 3.02. The van der Waals surface area contributed by atoms with E-state index in [0.29, 0.717) is 39.0 Å². The Morgan fingerprint density at radius 2 is 1.90 bits per heavy atom. The number of carbonyl (C=O) groups excluding carboxylic acids is 2. The standard InChI is InChI=1S/C21H34FN3O4/c1-20(2,3)29-19(27)25-12-9-21(10-13-25)18(26)23-17(24-21)15-5-7-16(8-6-15)28-14-4-11-22/h15-16H,4-14H2,1-3H3,(H,23,24,26). The van der Waals surface area contributed by atoms with Crippen LogP contribution in [-0.2, 0) is 14.3 Å². The van der Waals surface area contributed by atoms with Gasteiger partial charge in [-0.1, -0.05) is 0 Å². The van der Waals surface area contributed by atoms with E-state index >= 15 is 0 Å². The number of alkyl halides is 1. The van der Waals surface area contributed by atoms with Crippen LogP contribution < -0.4 is 5.32 Å². The minimum absolute atomic E-state index is 0.0438. The highest BCUT2D eigenvalue weighted by atomic mass is 19.1. The lowest BCUT2D eigenvalue weighted by Gasteiger charge is -2.36. The molecule has 2 amide bonds. The maximum Gasteiger partial charge on any atom is 0.410 e. The van der Waals surface area contributed by atoms with Gasteiger partial charge in [-0.3, -0.25) is 14.2 Å². The molecule has 3 rings (SSSR count). The van der Waals surface area contributed by atoms with Gasteiger partial charge >= 0.3 is 6.09 Å². The Morgan fingerprint density at radius 3 is 2.48 bits per heavy atom. The molecule has 0 radical (unpaired) electrons. The predicted octanol–water partition coefficient (Wildman–Crippen LogP) is 3.22. The predicted molar refractivity (Wildman–Crippen MR) is 108 cm³/mol. The molecule has 1 saturated heterocycles. The molecule has 8 heteroatoms. The molecule has 0 bridgehead atoms. The van der Waals surface area contributed by atoms with E-state index in [-0.39, 0.29) is 30.7 Å². The quantitative estimate of drug-likeness (QED) is 0.705. The highest BCUT2D eigenvalue weighted by molar-refractivity contribution is 6.09. The number of amides is 2. The zero-order chi connectivity index (χ0) is 21.1. The second kappa shape index (κ2) is 8.98. The van der Waals surface area contributed by atoms with E-state index in [1.807, 2.05) is 20.8 Å². The van der Waals surface area contributed by atoms with Crippen molar-refractivity contribution in [3.05, 3.63) is 0 Å². The van der Waals surface area contributed by atoms with Crippen molar-refractivity contribution < 1.29 is 23.5 Å². The number of amidine groups is 1. The van der Waals surface area contributed by atoms with Crippen LogP contribution in [0.3, 0.4) is 0 Å². The van der Waals surface area contributed by atoms with Crippen LogP contribution in [0.5, 0.6) is 0 Å². The molecule has 164 valence electrons. The zero-order valence-corrected chi connectivity index (χ0v) is 17.8. The lowest BCUT2D eigenvalue weighted by atomic mass is 9.86. The third-order valence-electron chi connectivity index (χ3n) is 5.93. The summed E-state index contributed by atoms with van der Waals surface area (Å²) in [6.45, 7) is 6.60. The minimum Gasteiger partial charge on any atom is -0.444 e. The molecule has 0 unspecified atom stereocenters. The Balaban J connectivity index is 1.52. The van der Waals surface area contributed by atoms with Crippen LogP contribution in [0.1, 0.15) is 65.7 Å². The van der Waals surface area contributed by atoms with Crippen molar-refractivity contribution in [1.29, 1.82) is 0 Å². The lowest BCUT2D eigenvalue weighted by molar-refractivity contribution is -0.125. The summed E-state index contributed by atoms with van der Waals surface area (Å²) >= 11 is 0. The van der Waals surface area contributed by atoms with Gasteiger partial charge in [0, 0.05) is 25.6 Å². The summed E-state index contributed by atoms with van der Waals surface area (Å²) in [6.07, 6.45) is 4.98. The molecule has 1 N–H and O–H groups in total. The number of carbonyl (C=O) groups is 2. The topological polar surface area (TPSA) is 80.2 Å². The number of ether oxygens (including phenoxy) is 2. The molecule has 0 atom stereocenters. The number of piperidine rings is 1. The Bertz CT molecular complexity index is 630. The second-order valence-corrected chi connectivity index (χ2v) is 9.34. The van der Waals surface area contributed by atoms with E-state index in [9.17, 15) is 14.0 Å². The fourth-order valence-corrected chi connectivity index (χ4v) is 4.27. The Kier molecular flexibility index (Phi) is 6.81. The van der Waals surface area contributed by atoms with Gasteiger partial charge < -0.3 is 19.7 Å². The van der Waals surface area contributed by atoms with Crippen molar-refractivity contribution in [3.63, 3.8) is 0 Å². The number of hydrogen-bond acceptors (Lipinski definition) is 5. The highest BCUT2D eigenvalue weighted by Gasteiger charge is 2.48. The summed E-state index contributed by atoms with van der Waals surface area (Å²) in [5.41, 5.74) is -1.28. The first-order valence-corrected chi connectivity index (χ1v) is 10.8. The van der Waals surface area contributed by atoms with Crippen molar-refractivity contribution in [2.45, 2.75) is 83.0 Å². The fraction of sp³-hybridized carbons (Fsp3) is 0.857. The van der Waals surface area contributed by atoms with Crippen molar-refractivity contribution >= 4 is 17.8 Å². The van der Waals surface area contributed by atoms with Gasteiger partial charge in [-0.05, 0) is 65.7 Å². The van der Waals surface area contributed by atoms with E-state index < -0.39 is 11.1 Å². The van der Waals surface area contributed by atoms with Crippen molar-refractivity contribution in [2.24, 2.45) is 10.9 Å². The highest BCUT2D eigenvalue weighted by Crippen LogP contribution is 2.35. The summed E-state index contributed by atoms with van der Waals surface area (Å²) in [5.74, 6) is 0.990. The maximum absolute atomic E-state index is 12.7. The maximum atomic E-state index is 12.7.